The molecule has 2 heterocycles. The minimum absolute atomic E-state index is 0.109. The molecule has 0 spiro atoms. The topological polar surface area (TPSA) is 78.5 Å². The standard InChI is InChI=1S/C22H29N3O3/c1-2-15-5-3-4-6-18(15)23-12-14-7-8-17-16(11-14)13-25(22(17)28)19-9-10-20(26)24-21(19)27/h7-8,11,15,18-19,23H,2-6,9-10,12-13H2,1H3,(H,24,26,27). The highest BCUT2D eigenvalue weighted by atomic mass is 16.2. The summed E-state index contributed by atoms with van der Waals surface area (Å²) in [5, 5.41) is 6.08. The summed E-state index contributed by atoms with van der Waals surface area (Å²) in [6, 6.07) is 6.02. The van der Waals surface area contributed by atoms with E-state index in [4.69, 9.17) is 0 Å². The molecule has 3 amide bonds. The number of imide groups is 1. The van der Waals surface area contributed by atoms with Crippen molar-refractivity contribution in [3.8, 4) is 0 Å². The molecule has 3 atom stereocenters. The van der Waals surface area contributed by atoms with E-state index in [-0.39, 0.29) is 24.1 Å². The number of hydrogen-bond acceptors (Lipinski definition) is 4. The van der Waals surface area contributed by atoms with E-state index < -0.39 is 6.04 Å². The van der Waals surface area contributed by atoms with E-state index in [2.05, 4.69) is 23.6 Å². The average Bonchev–Trinajstić information content (AvgIpc) is 3.02. The Labute approximate surface area is 166 Å². The molecule has 28 heavy (non-hydrogen) atoms. The van der Waals surface area contributed by atoms with Crippen LogP contribution in [0, 0.1) is 5.92 Å². The van der Waals surface area contributed by atoms with Gasteiger partial charge in [-0.2, -0.15) is 0 Å². The Hall–Kier alpha value is -2.21. The van der Waals surface area contributed by atoms with Crippen molar-refractivity contribution >= 4 is 17.7 Å². The lowest BCUT2D eigenvalue weighted by Gasteiger charge is -2.31. The van der Waals surface area contributed by atoms with Gasteiger partial charge in [-0.15, -0.1) is 0 Å². The van der Waals surface area contributed by atoms with Gasteiger partial charge in [-0.1, -0.05) is 38.3 Å². The van der Waals surface area contributed by atoms with Crippen molar-refractivity contribution in [1.29, 1.82) is 0 Å². The molecule has 0 radical (unpaired) electrons. The summed E-state index contributed by atoms with van der Waals surface area (Å²) in [5.41, 5.74) is 2.83. The molecule has 3 aliphatic rings. The first-order valence-corrected chi connectivity index (χ1v) is 10.6. The average molecular weight is 383 g/mol. The zero-order valence-electron chi connectivity index (χ0n) is 16.5. The molecule has 4 rings (SSSR count). The first-order valence-electron chi connectivity index (χ1n) is 10.6. The number of carbonyl (C=O) groups excluding carboxylic acids is 3. The zero-order chi connectivity index (χ0) is 19.7. The number of amides is 3. The van der Waals surface area contributed by atoms with E-state index >= 15 is 0 Å². The Morgan fingerprint density at radius 1 is 1.14 bits per heavy atom. The van der Waals surface area contributed by atoms with Gasteiger partial charge in [0, 0.05) is 31.1 Å². The molecule has 1 saturated carbocycles. The molecule has 0 bridgehead atoms. The van der Waals surface area contributed by atoms with E-state index in [9.17, 15) is 14.4 Å². The summed E-state index contributed by atoms with van der Waals surface area (Å²) in [5.74, 6) is 0.0316. The van der Waals surface area contributed by atoms with Crippen molar-refractivity contribution in [3.63, 3.8) is 0 Å². The molecule has 6 heteroatoms. The number of nitrogens with zero attached hydrogens (tertiary/aromatic N) is 1. The number of carbonyl (C=O) groups is 3. The first-order chi connectivity index (χ1) is 13.6. The van der Waals surface area contributed by atoms with E-state index in [0.717, 1.165) is 18.0 Å². The fraction of sp³-hybridized carbons (Fsp3) is 0.591. The molecular weight excluding hydrogens is 354 g/mol. The normalized spacial score (nSPS) is 27.7. The van der Waals surface area contributed by atoms with Gasteiger partial charge in [0.2, 0.25) is 11.8 Å². The Kier molecular flexibility index (Phi) is 5.49. The Bertz CT molecular complexity index is 791. The third-order valence-electron chi connectivity index (χ3n) is 6.59. The first kappa shape index (κ1) is 19.1. The van der Waals surface area contributed by atoms with Gasteiger partial charge in [0.25, 0.3) is 5.91 Å². The van der Waals surface area contributed by atoms with Gasteiger partial charge in [0.05, 0.1) is 0 Å². The maximum atomic E-state index is 12.8. The van der Waals surface area contributed by atoms with Crippen LogP contribution in [0.2, 0.25) is 0 Å². The van der Waals surface area contributed by atoms with Crippen LogP contribution >= 0.6 is 0 Å². The molecule has 0 aromatic heterocycles. The quantitative estimate of drug-likeness (QED) is 0.766. The lowest BCUT2D eigenvalue weighted by molar-refractivity contribution is -0.136. The second kappa shape index (κ2) is 8.03. The fourth-order valence-electron chi connectivity index (χ4n) is 4.95. The highest BCUT2D eigenvalue weighted by Gasteiger charge is 2.39. The molecule has 1 saturated heterocycles. The van der Waals surface area contributed by atoms with Crippen LogP contribution in [0.3, 0.4) is 0 Å². The highest BCUT2D eigenvalue weighted by molar-refractivity contribution is 6.05. The lowest BCUT2D eigenvalue weighted by atomic mass is 9.83. The van der Waals surface area contributed by atoms with Gasteiger partial charge in [0.1, 0.15) is 6.04 Å². The number of fused-ring (bicyclic) bond motifs is 1. The number of rotatable bonds is 5. The van der Waals surface area contributed by atoms with Crippen molar-refractivity contribution in [3.05, 3.63) is 34.9 Å². The second-order valence-electron chi connectivity index (χ2n) is 8.33. The smallest absolute Gasteiger partial charge is 0.255 e. The number of benzene rings is 1. The van der Waals surface area contributed by atoms with Crippen molar-refractivity contribution in [1.82, 2.24) is 15.5 Å². The van der Waals surface area contributed by atoms with Crippen LogP contribution in [0.1, 0.15) is 73.4 Å². The summed E-state index contributed by atoms with van der Waals surface area (Å²) in [6.45, 7) is 3.52. The van der Waals surface area contributed by atoms with Crippen LogP contribution in [0.5, 0.6) is 0 Å². The number of piperidine rings is 1. The summed E-state index contributed by atoms with van der Waals surface area (Å²) in [6.07, 6.45) is 7.10. The molecule has 2 fully saturated rings. The maximum Gasteiger partial charge on any atom is 0.255 e. The van der Waals surface area contributed by atoms with E-state index in [1.54, 1.807) is 4.90 Å². The van der Waals surface area contributed by atoms with Crippen molar-refractivity contribution in [2.45, 2.75) is 77.0 Å². The number of nitrogens with one attached hydrogen (secondary N) is 2. The van der Waals surface area contributed by atoms with Gasteiger partial charge in [0.15, 0.2) is 0 Å². The summed E-state index contributed by atoms with van der Waals surface area (Å²) >= 11 is 0. The Morgan fingerprint density at radius 2 is 1.96 bits per heavy atom. The third kappa shape index (κ3) is 3.70. The highest BCUT2D eigenvalue weighted by Crippen LogP contribution is 2.29. The van der Waals surface area contributed by atoms with Crippen LogP contribution in [0.4, 0.5) is 0 Å². The molecule has 2 N–H and O–H groups in total. The molecule has 2 aliphatic heterocycles. The molecule has 150 valence electrons. The van der Waals surface area contributed by atoms with Crippen LogP contribution in [0.15, 0.2) is 18.2 Å². The van der Waals surface area contributed by atoms with E-state index in [0.29, 0.717) is 24.6 Å². The fourth-order valence-corrected chi connectivity index (χ4v) is 4.95. The molecular formula is C22H29N3O3. The Balaban J connectivity index is 1.42. The Morgan fingerprint density at radius 3 is 2.75 bits per heavy atom. The van der Waals surface area contributed by atoms with Crippen LogP contribution in [-0.4, -0.2) is 34.7 Å². The SMILES string of the molecule is CCC1CCCCC1NCc1ccc2c(c1)CN(C1CCC(=O)NC1=O)C2=O. The third-order valence-corrected chi connectivity index (χ3v) is 6.59. The summed E-state index contributed by atoms with van der Waals surface area (Å²) < 4.78 is 0. The summed E-state index contributed by atoms with van der Waals surface area (Å²) in [4.78, 5) is 37.9. The zero-order valence-corrected chi connectivity index (χ0v) is 16.5. The van der Waals surface area contributed by atoms with Crippen molar-refractivity contribution in [2.75, 3.05) is 0 Å². The molecule has 1 aromatic carbocycles. The van der Waals surface area contributed by atoms with E-state index in [1.807, 2.05) is 12.1 Å². The predicted molar refractivity (Wildman–Crippen MR) is 105 cm³/mol. The molecule has 1 aromatic rings. The van der Waals surface area contributed by atoms with Crippen LogP contribution in [0.25, 0.3) is 0 Å². The molecule has 1 aliphatic carbocycles. The molecule has 6 nitrogen and oxygen atoms in total. The van der Waals surface area contributed by atoms with Crippen molar-refractivity contribution < 1.29 is 14.4 Å². The number of hydrogen-bond donors (Lipinski definition) is 2. The minimum atomic E-state index is -0.549. The van der Waals surface area contributed by atoms with Crippen LogP contribution in [-0.2, 0) is 22.7 Å². The lowest BCUT2D eigenvalue weighted by Crippen LogP contribution is -2.52. The molecule has 3 unspecified atom stereocenters. The second-order valence-corrected chi connectivity index (χ2v) is 8.33. The van der Waals surface area contributed by atoms with Gasteiger partial charge in [-0.05, 0) is 42.4 Å². The van der Waals surface area contributed by atoms with Gasteiger partial charge in [-0.25, -0.2) is 0 Å². The monoisotopic (exact) mass is 383 g/mol. The van der Waals surface area contributed by atoms with Gasteiger partial charge >= 0.3 is 0 Å². The van der Waals surface area contributed by atoms with Gasteiger partial charge in [-0.3, -0.25) is 19.7 Å². The van der Waals surface area contributed by atoms with Gasteiger partial charge < -0.3 is 10.2 Å². The van der Waals surface area contributed by atoms with Crippen molar-refractivity contribution in [2.24, 2.45) is 5.92 Å². The van der Waals surface area contributed by atoms with E-state index in [1.165, 1.54) is 37.7 Å². The maximum absolute atomic E-state index is 12.8. The summed E-state index contributed by atoms with van der Waals surface area (Å²) in [7, 11) is 0. The van der Waals surface area contributed by atoms with Crippen LogP contribution < -0.4 is 10.6 Å². The predicted octanol–water partition coefficient (Wildman–Crippen LogP) is 2.51. The largest absolute Gasteiger partial charge is 0.322 e. The minimum Gasteiger partial charge on any atom is -0.322 e.